The minimum absolute atomic E-state index is 0.0317. The maximum absolute atomic E-state index is 12.8. The molecule has 0 aliphatic rings. The molecule has 0 spiro atoms. The molecule has 6 nitrogen and oxygen atoms in total. The number of hydrogen-bond donors (Lipinski definition) is 0. The van der Waals surface area contributed by atoms with E-state index in [1.165, 1.54) is 48.5 Å². The van der Waals surface area contributed by atoms with Crippen molar-refractivity contribution < 1.29 is 25.6 Å². The fourth-order valence-corrected chi connectivity index (χ4v) is 4.71. The predicted molar refractivity (Wildman–Crippen MR) is 104 cm³/mol. The second-order valence-corrected chi connectivity index (χ2v) is 9.00. The normalized spacial score (nSPS) is 12.3. The summed E-state index contributed by atoms with van der Waals surface area (Å²) in [6, 6.07) is 20.2. The molecule has 0 unspecified atom stereocenters. The van der Waals surface area contributed by atoms with Crippen molar-refractivity contribution in [3.63, 3.8) is 0 Å². The predicted octanol–water partition coefficient (Wildman–Crippen LogP) is 3.66. The summed E-state index contributed by atoms with van der Waals surface area (Å²) in [5, 5.41) is 1.94. The molecule has 4 aromatic carbocycles. The molecule has 0 atom stereocenters. The van der Waals surface area contributed by atoms with Crippen molar-refractivity contribution >= 4 is 41.8 Å². The highest BCUT2D eigenvalue weighted by Gasteiger charge is 2.19. The summed E-state index contributed by atoms with van der Waals surface area (Å²) in [4.78, 5) is -0.464. The molecule has 0 saturated heterocycles. The van der Waals surface area contributed by atoms with Gasteiger partial charge in [0.1, 0.15) is 15.0 Å². The number of fused-ring (bicyclic) bond motifs is 2. The van der Waals surface area contributed by atoms with Gasteiger partial charge in [-0.3, -0.25) is 0 Å². The zero-order chi connectivity index (χ0) is 19.9. The van der Waals surface area contributed by atoms with Crippen molar-refractivity contribution in [3.05, 3.63) is 78.9 Å². The molecule has 0 aliphatic heterocycles. The lowest BCUT2D eigenvalue weighted by Gasteiger charge is -2.14. The second kappa shape index (κ2) is 6.59. The molecular weight excluding hydrogens is 400 g/mol. The van der Waals surface area contributed by atoms with Crippen molar-refractivity contribution in [1.82, 2.24) is 0 Å². The molecule has 28 heavy (non-hydrogen) atoms. The van der Waals surface area contributed by atoms with Crippen molar-refractivity contribution in [1.29, 1.82) is 0 Å². The van der Waals surface area contributed by atoms with E-state index in [9.17, 15) is 21.4 Å². The molecule has 0 heterocycles. The highest BCUT2D eigenvalue weighted by Crippen LogP contribution is 2.32. The molecule has 0 N–H and O–H groups in total. The molecule has 0 bridgehead atoms. The fourth-order valence-electron chi connectivity index (χ4n) is 3.03. The Kier molecular flexibility index (Phi) is 4.34. The van der Waals surface area contributed by atoms with Gasteiger partial charge < -0.3 is 8.74 Å². The number of hydrogen-bond acceptors (Lipinski definition) is 6. The largest absolute Gasteiger partial charge is 0.744 e. The first-order chi connectivity index (χ1) is 13.3. The molecule has 0 amide bonds. The first-order valence-corrected chi connectivity index (χ1v) is 11.0. The smallest absolute Gasteiger partial charge is 0.339 e. The van der Waals surface area contributed by atoms with Crippen LogP contribution in [0.3, 0.4) is 0 Å². The van der Waals surface area contributed by atoms with Gasteiger partial charge in [-0.25, -0.2) is 8.42 Å². The Hall–Kier alpha value is -2.94. The third-order valence-electron chi connectivity index (χ3n) is 4.32. The summed E-state index contributed by atoms with van der Waals surface area (Å²) in [5.41, 5.74) is 0. The molecule has 0 radical (unpaired) electrons. The minimum Gasteiger partial charge on any atom is -0.744 e. The molecule has 0 saturated carbocycles. The Morgan fingerprint density at radius 2 is 1.36 bits per heavy atom. The lowest BCUT2D eigenvalue weighted by atomic mass is 10.1. The summed E-state index contributed by atoms with van der Waals surface area (Å²) in [7, 11) is -8.89. The van der Waals surface area contributed by atoms with E-state index in [-0.39, 0.29) is 21.4 Å². The van der Waals surface area contributed by atoms with Gasteiger partial charge in [0, 0.05) is 10.8 Å². The van der Waals surface area contributed by atoms with Crippen LogP contribution in [-0.4, -0.2) is 21.4 Å². The summed E-state index contributed by atoms with van der Waals surface area (Å²) in [6.45, 7) is 0. The van der Waals surface area contributed by atoms with E-state index in [2.05, 4.69) is 0 Å². The molecule has 4 aromatic rings. The maximum Gasteiger partial charge on any atom is 0.339 e. The van der Waals surface area contributed by atoms with E-state index in [0.29, 0.717) is 0 Å². The van der Waals surface area contributed by atoms with Gasteiger partial charge >= 0.3 is 10.1 Å². The van der Waals surface area contributed by atoms with E-state index in [1.807, 2.05) is 12.1 Å². The molecule has 0 aromatic heterocycles. The van der Waals surface area contributed by atoms with E-state index < -0.39 is 25.1 Å². The zero-order valence-electron chi connectivity index (χ0n) is 14.3. The maximum atomic E-state index is 12.8. The van der Waals surface area contributed by atoms with Crippen LogP contribution in [0.4, 0.5) is 0 Å². The molecule has 4 rings (SSSR count). The summed E-state index contributed by atoms with van der Waals surface area (Å²) < 4.78 is 65.3. The fraction of sp³-hybridized carbons (Fsp3) is 0. The van der Waals surface area contributed by atoms with E-state index in [0.717, 1.165) is 10.8 Å². The van der Waals surface area contributed by atoms with Crippen LogP contribution in [0.15, 0.2) is 88.7 Å². The van der Waals surface area contributed by atoms with Gasteiger partial charge in [0.15, 0.2) is 5.75 Å². The first-order valence-electron chi connectivity index (χ1n) is 8.17. The SMILES string of the molecule is O=S(=O)([O-])c1cccc2c(OS(=O)(=O)c3ccc4ccccc4c3)cccc12. The van der Waals surface area contributed by atoms with E-state index in [1.54, 1.807) is 18.2 Å². The highest BCUT2D eigenvalue weighted by molar-refractivity contribution is 7.87. The molecule has 142 valence electrons. The van der Waals surface area contributed by atoms with Crippen molar-refractivity contribution in [2.75, 3.05) is 0 Å². The number of benzene rings is 4. The zero-order valence-corrected chi connectivity index (χ0v) is 15.9. The van der Waals surface area contributed by atoms with Crippen LogP contribution >= 0.6 is 0 Å². The Morgan fingerprint density at radius 1 is 0.679 bits per heavy atom. The topological polar surface area (TPSA) is 101 Å². The van der Waals surface area contributed by atoms with Gasteiger partial charge in [-0.15, -0.1) is 0 Å². The van der Waals surface area contributed by atoms with Crippen LogP contribution in [0.1, 0.15) is 0 Å². The van der Waals surface area contributed by atoms with Gasteiger partial charge in [-0.05, 0) is 35.0 Å². The number of rotatable bonds is 4. The average Bonchev–Trinajstić information content (AvgIpc) is 2.66. The Labute approximate surface area is 161 Å². The second-order valence-electron chi connectivity index (χ2n) is 6.11. The van der Waals surface area contributed by atoms with Gasteiger partial charge in [-0.2, -0.15) is 8.42 Å². The van der Waals surface area contributed by atoms with Gasteiger partial charge in [0.25, 0.3) is 0 Å². The van der Waals surface area contributed by atoms with Crippen LogP contribution < -0.4 is 4.18 Å². The van der Waals surface area contributed by atoms with Crippen LogP contribution in [0.5, 0.6) is 5.75 Å². The standard InChI is InChI=1S/C20H14O6S2/c21-27(22,23)20-10-4-7-17-18(20)8-3-9-19(17)26-28(24,25)16-12-11-14-5-1-2-6-15(14)13-16/h1-13H,(H,21,22,23)/p-1. The lowest BCUT2D eigenvalue weighted by molar-refractivity contribution is 0.464. The van der Waals surface area contributed by atoms with Crippen molar-refractivity contribution in [2.45, 2.75) is 9.79 Å². The minimum atomic E-state index is -4.72. The van der Waals surface area contributed by atoms with Crippen LogP contribution in [0.25, 0.3) is 21.5 Å². The van der Waals surface area contributed by atoms with Crippen LogP contribution in [0, 0.1) is 0 Å². The van der Waals surface area contributed by atoms with Gasteiger partial charge in [0.2, 0.25) is 0 Å². The summed E-state index contributed by atoms with van der Waals surface area (Å²) in [6.07, 6.45) is 0. The third-order valence-corrected chi connectivity index (χ3v) is 6.45. The van der Waals surface area contributed by atoms with Crippen molar-refractivity contribution in [3.8, 4) is 5.75 Å². The third kappa shape index (κ3) is 3.33. The first kappa shape index (κ1) is 18.4. The summed E-state index contributed by atoms with van der Waals surface area (Å²) in [5.74, 6) is -0.0591. The lowest BCUT2D eigenvalue weighted by Crippen LogP contribution is -2.10. The molecule has 8 heteroatoms. The Morgan fingerprint density at radius 3 is 2.11 bits per heavy atom. The van der Waals surface area contributed by atoms with Crippen LogP contribution in [-0.2, 0) is 20.2 Å². The summed E-state index contributed by atoms with van der Waals surface area (Å²) >= 11 is 0. The quantitative estimate of drug-likeness (QED) is 0.374. The molecular formula is C20H13O6S2-. The monoisotopic (exact) mass is 413 g/mol. The Balaban J connectivity index is 1.82. The van der Waals surface area contributed by atoms with Gasteiger partial charge in [-0.1, -0.05) is 54.6 Å². The Bertz CT molecular complexity index is 1420. The van der Waals surface area contributed by atoms with E-state index in [4.69, 9.17) is 4.18 Å². The van der Waals surface area contributed by atoms with Crippen LogP contribution in [0.2, 0.25) is 0 Å². The van der Waals surface area contributed by atoms with E-state index >= 15 is 0 Å². The average molecular weight is 413 g/mol. The molecule has 0 aliphatic carbocycles. The highest BCUT2D eigenvalue weighted by atomic mass is 32.2. The molecule has 0 fully saturated rings. The van der Waals surface area contributed by atoms with Crippen molar-refractivity contribution in [2.24, 2.45) is 0 Å². The van der Waals surface area contributed by atoms with Gasteiger partial charge in [0.05, 0.1) is 4.90 Å².